The first kappa shape index (κ1) is 19.0. The third kappa shape index (κ3) is 3.81. The number of hydrogen-bond donors (Lipinski definition) is 1. The van der Waals surface area contributed by atoms with Crippen LogP contribution in [0.1, 0.15) is 37.2 Å². The average molecular weight is 374 g/mol. The van der Waals surface area contributed by atoms with Gasteiger partial charge in [0.25, 0.3) is 0 Å². The number of amides is 1. The first-order chi connectivity index (χ1) is 12.5. The number of carbonyl (C=O) groups is 1. The fourth-order valence-corrected chi connectivity index (χ4v) is 4.10. The van der Waals surface area contributed by atoms with E-state index in [1.165, 1.54) is 5.56 Å². The molecule has 1 aliphatic heterocycles. The van der Waals surface area contributed by atoms with Crippen LogP contribution in [0.3, 0.4) is 0 Å². The second-order valence-corrected chi connectivity index (χ2v) is 7.72. The molecule has 0 radical (unpaired) electrons. The van der Waals surface area contributed by atoms with Gasteiger partial charge in [0.05, 0.1) is 0 Å². The number of nitrogen functional groups attached to an aromatic ring is 1. The number of benzene rings is 2. The third-order valence-electron chi connectivity index (χ3n) is 5.18. The van der Waals surface area contributed by atoms with E-state index in [1.54, 1.807) is 0 Å². The molecule has 1 heterocycles. The van der Waals surface area contributed by atoms with E-state index in [1.807, 2.05) is 29.2 Å². The fourth-order valence-electron chi connectivity index (χ4n) is 3.85. The molecule has 26 heavy (non-hydrogen) atoms. The molecular weight excluding hydrogens is 346 g/mol. The predicted molar refractivity (Wildman–Crippen MR) is 111 cm³/mol. The van der Waals surface area contributed by atoms with Gasteiger partial charge in [0, 0.05) is 41.5 Å². The van der Waals surface area contributed by atoms with Crippen LogP contribution >= 0.6 is 11.6 Å². The summed E-state index contributed by atoms with van der Waals surface area (Å²) in [6, 6.07) is 10.1. The van der Waals surface area contributed by atoms with Crippen molar-refractivity contribution in [3.8, 4) is 0 Å². The van der Waals surface area contributed by atoms with E-state index < -0.39 is 0 Å². The quantitative estimate of drug-likeness (QED) is 0.449. The summed E-state index contributed by atoms with van der Waals surface area (Å²) in [6.07, 6.45) is 3.70. The number of unbranched alkanes of at least 4 members (excludes halogenated alkanes) is 2. The zero-order chi connectivity index (χ0) is 18.7. The Kier molecular flexibility index (Phi) is 6.05. The Labute approximate surface area is 160 Å². The summed E-state index contributed by atoms with van der Waals surface area (Å²) < 4.78 is 0. The van der Waals surface area contributed by atoms with E-state index in [0.29, 0.717) is 18.8 Å². The molecule has 5 heteroatoms. The van der Waals surface area contributed by atoms with Gasteiger partial charge >= 0.3 is 0 Å². The molecule has 140 valence electrons. The lowest BCUT2D eigenvalue weighted by molar-refractivity contribution is -0.118. The van der Waals surface area contributed by atoms with Crippen LogP contribution < -0.4 is 10.6 Å². The molecular formula is C21H28ClN3O. The minimum atomic E-state index is 0.162. The van der Waals surface area contributed by atoms with Gasteiger partial charge in [-0.2, -0.15) is 0 Å². The lowest BCUT2D eigenvalue weighted by Gasteiger charge is -2.19. The van der Waals surface area contributed by atoms with Crippen molar-refractivity contribution in [2.45, 2.75) is 31.6 Å². The summed E-state index contributed by atoms with van der Waals surface area (Å²) >= 11 is 6.25. The van der Waals surface area contributed by atoms with Crippen LogP contribution in [0.25, 0.3) is 10.8 Å². The largest absolute Gasteiger partial charge is 0.398 e. The molecule has 4 nitrogen and oxygen atoms in total. The Morgan fingerprint density at radius 1 is 1.23 bits per heavy atom. The van der Waals surface area contributed by atoms with E-state index >= 15 is 0 Å². The van der Waals surface area contributed by atoms with Crippen LogP contribution in [0.2, 0.25) is 0 Å². The lowest BCUT2D eigenvalue weighted by atomic mass is 9.95. The second-order valence-electron chi connectivity index (χ2n) is 7.41. The number of fused-ring (bicyclic) bond motifs is 3. The van der Waals surface area contributed by atoms with Crippen molar-refractivity contribution < 1.29 is 4.79 Å². The molecule has 2 N–H and O–H groups in total. The van der Waals surface area contributed by atoms with Crippen LogP contribution in [0.4, 0.5) is 11.4 Å². The molecule has 1 unspecified atom stereocenters. The second kappa shape index (κ2) is 8.28. The van der Waals surface area contributed by atoms with Gasteiger partial charge in [-0.3, -0.25) is 4.79 Å². The first-order valence-electron chi connectivity index (χ1n) is 9.35. The van der Waals surface area contributed by atoms with Crippen molar-refractivity contribution in [2.24, 2.45) is 0 Å². The number of halogens is 1. The molecule has 1 aliphatic rings. The van der Waals surface area contributed by atoms with Crippen molar-refractivity contribution in [3.63, 3.8) is 0 Å². The van der Waals surface area contributed by atoms with Gasteiger partial charge < -0.3 is 15.5 Å². The summed E-state index contributed by atoms with van der Waals surface area (Å²) in [7, 11) is 4.15. The SMILES string of the molecule is CN(C)CCCCCC(=O)N1CC(CCl)c2c1cc(N)c1ccccc21. The highest BCUT2D eigenvalue weighted by molar-refractivity contribution is 6.19. The van der Waals surface area contributed by atoms with E-state index in [2.05, 4.69) is 25.1 Å². The molecule has 1 amide bonds. The molecule has 2 aromatic rings. The van der Waals surface area contributed by atoms with Gasteiger partial charge in [-0.05, 0) is 50.5 Å². The maximum Gasteiger partial charge on any atom is 0.227 e. The Morgan fingerprint density at radius 3 is 2.65 bits per heavy atom. The van der Waals surface area contributed by atoms with Crippen molar-refractivity contribution in [2.75, 3.05) is 43.7 Å². The van der Waals surface area contributed by atoms with E-state index in [9.17, 15) is 4.79 Å². The number of anilines is 2. The van der Waals surface area contributed by atoms with Gasteiger partial charge in [-0.15, -0.1) is 11.6 Å². The first-order valence-corrected chi connectivity index (χ1v) is 9.88. The summed E-state index contributed by atoms with van der Waals surface area (Å²) in [5, 5.41) is 2.16. The average Bonchev–Trinajstić information content (AvgIpc) is 3.00. The molecule has 0 spiro atoms. The highest BCUT2D eigenvalue weighted by Gasteiger charge is 2.33. The van der Waals surface area contributed by atoms with Crippen LogP contribution in [0.5, 0.6) is 0 Å². The van der Waals surface area contributed by atoms with Gasteiger partial charge in [0.1, 0.15) is 0 Å². The molecule has 2 aromatic carbocycles. The predicted octanol–water partition coefficient (Wildman–Crippen LogP) is 4.21. The standard InChI is InChI=1S/C21H28ClN3O/c1-24(2)11-7-3-4-10-20(26)25-14-15(13-22)21-17-9-6-5-8-16(17)18(23)12-19(21)25/h5-6,8-9,12,15H,3-4,7,10-11,13-14,23H2,1-2H3. The number of alkyl halides is 1. The summed E-state index contributed by atoms with van der Waals surface area (Å²) in [4.78, 5) is 16.9. The summed E-state index contributed by atoms with van der Waals surface area (Å²) in [5.74, 6) is 0.848. The molecule has 0 bridgehead atoms. The highest BCUT2D eigenvalue weighted by atomic mass is 35.5. The maximum atomic E-state index is 12.8. The Bertz CT molecular complexity index is 790. The zero-order valence-corrected chi connectivity index (χ0v) is 16.4. The number of rotatable bonds is 7. The highest BCUT2D eigenvalue weighted by Crippen LogP contribution is 2.44. The maximum absolute atomic E-state index is 12.8. The number of nitrogens with zero attached hydrogens (tertiary/aromatic N) is 2. The minimum absolute atomic E-state index is 0.162. The van der Waals surface area contributed by atoms with Gasteiger partial charge in [0.2, 0.25) is 5.91 Å². The Balaban J connectivity index is 1.79. The van der Waals surface area contributed by atoms with Gasteiger partial charge in [0.15, 0.2) is 0 Å². The van der Waals surface area contributed by atoms with Crippen LogP contribution in [0.15, 0.2) is 30.3 Å². The number of nitrogens with two attached hydrogens (primary N) is 1. The topological polar surface area (TPSA) is 49.6 Å². The smallest absolute Gasteiger partial charge is 0.227 e. The third-order valence-corrected chi connectivity index (χ3v) is 5.55. The Hall–Kier alpha value is -1.78. The molecule has 0 fully saturated rings. The fraction of sp³-hybridized carbons (Fsp3) is 0.476. The molecule has 1 atom stereocenters. The van der Waals surface area contributed by atoms with E-state index in [-0.39, 0.29) is 11.8 Å². The molecule has 0 saturated carbocycles. The monoisotopic (exact) mass is 373 g/mol. The van der Waals surface area contributed by atoms with Gasteiger partial charge in [-0.1, -0.05) is 30.7 Å². The van der Waals surface area contributed by atoms with Crippen molar-refractivity contribution in [3.05, 3.63) is 35.9 Å². The number of carbonyl (C=O) groups excluding carboxylic acids is 1. The van der Waals surface area contributed by atoms with Crippen molar-refractivity contribution in [1.29, 1.82) is 0 Å². The van der Waals surface area contributed by atoms with Crippen LogP contribution in [0, 0.1) is 0 Å². The summed E-state index contributed by atoms with van der Waals surface area (Å²) in [5.41, 5.74) is 9.11. The van der Waals surface area contributed by atoms with Gasteiger partial charge in [-0.25, -0.2) is 0 Å². The molecule has 0 aliphatic carbocycles. The lowest BCUT2D eigenvalue weighted by Crippen LogP contribution is -2.29. The zero-order valence-electron chi connectivity index (χ0n) is 15.7. The molecule has 0 aromatic heterocycles. The normalized spacial score (nSPS) is 16.5. The van der Waals surface area contributed by atoms with E-state index in [4.69, 9.17) is 17.3 Å². The van der Waals surface area contributed by atoms with Crippen LogP contribution in [-0.2, 0) is 4.79 Å². The number of hydrogen-bond acceptors (Lipinski definition) is 3. The van der Waals surface area contributed by atoms with Crippen molar-refractivity contribution >= 4 is 39.7 Å². The minimum Gasteiger partial charge on any atom is -0.398 e. The molecule has 3 rings (SSSR count). The van der Waals surface area contributed by atoms with Crippen molar-refractivity contribution in [1.82, 2.24) is 4.90 Å². The van der Waals surface area contributed by atoms with E-state index in [0.717, 1.165) is 48.0 Å². The molecule has 0 saturated heterocycles. The van der Waals surface area contributed by atoms with Crippen LogP contribution in [-0.4, -0.2) is 43.9 Å². The summed E-state index contributed by atoms with van der Waals surface area (Å²) in [6.45, 7) is 1.72. The Morgan fingerprint density at radius 2 is 1.96 bits per heavy atom.